The Morgan fingerprint density at radius 3 is 2.70 bits per heavy atom. The van der Waals surface area contributed by atoms with Gasteiger partial charge in [-0.15, -0.1) is 0 Å². The molecule has 0 unspecified atom stereocenters. The Morgan fingerprint density at radius 1 is 1.25 bits per heavy atom. The molecular formula is C16H20ClN3. The summed E-state index contributed by atoms with van der Waals surface area (Å²) in [6.45, 7) is 6.28. The van der Waals surface area contributed by atoms with E-state index in [0.717, 1.165) is 40.8 Å². The molecule has 0 saturated carbocycles. The van der Waals surface area contributed by atoms with Crippen LogP contribution in [0.1, 0.15) is 23.9 Å². The summed E-state index contributed by atoms with van der Waals surface area (Å²) in [6.07, 6.45) is 0. The number of rotatable bonds is 5. The van der Waals surface area contributed by atoms with Crippen molar-refractivity contribution in [2.45, 2.75) is 26.9 Å². The Bertz CT molecular complexity index is 584. The molecule has 0 aliphatic rings. The van der Waals surface area contributed by atoms with E-state index in [4.69, 9.17) is 17.3 Å². The Labute approximate surface area is 125 Å². The minimum atomic E-state index is 0.480. The summed E-state index contributed by atoms with van der Waals surface area (Å²) in [5.74, 6) is 0. The summed E-state index contributed by atoms with van der Waals surface area (Å²) >= 11 is 6.04. The lowest BCUT2D eigenvalue weighted by Gasteiger charge is -2.25. The second-order valence-electron chi connectivity index (χ2n) is 4.76. The molecule has 4 heteroatoms. The largest absolute Gasteiger partial charge is 0.366 e. The fourth-order valence-electron chi connectivity index (χ4n) is 2.28. The standard InChI is InChI=1S/C16H20ClN3/c1-3-20(11-15-6-4-5-12(2)19-15)16-8-7-14(17)9-13(16)10-18/h4-9H,3,10-11,18H2,1-2H3. The molecule has 2 N–H and O–H groups in total. The highest BCUT2D eigenvalue weighted by Crippen LogP contribution is 2.25. The highest BCUT2D eigenvalue weighted by Gasteiger charge is 2.11. The third-order valence-corrected chi connectivity index (χ3v) is 3.52. The van der Waals surface area contributed by atoms with Gasteiger partial charge in [-0.05, 0) is 49.7 Å². The van der Waals surface area contributed by atoms with Gasteiger partial charge < -0.3 is 10.6 Å². The van der Waals surface area contributed by atoms with E-state index < -0.39 is 0 Å². The maximum atomic E-state index is 6.04. The van der Waals surface area contributed by atoms with Crippen molar-refractivity contribution in [3.8, 4) is 0 Å². The SMILES string of the molecule is CCN(Cc1cccc(C)n1)c1ccc(Cl)cc1CN. The summed E-state index contributed by atoms with van der Waals surface area (Å²) in [7, 11) is 0. The first-order chi connectivity index (χ1) is 9.63. The lowest BCUT2D eigenvalue weighted by atomic mass is 10.1. The van der Waals surface area contributed by atoms with Crippen LogP contribution in [0.5, 0.6) is 0 Å². The van der Waals surface area contributed by atoms with Crippen molar-refractivity contribution in [1.29, 1.82) is 0 Å². The van der Waals surface area contributed by atoms with E-state index in [1.807, 2.05) is 43.3 Å². The number of hydrogen-bond donors (Lipinski definition) is 1. The zero-order valence-corrected chi connectivity index (χ0v) is 12.7. The molecule has 1 heterocycles. The first-order valence-corrected chi connectivity index (χ1v) is 7.17. The average Bonchev–Trinajstić information content (AvgIpc) is 2.45. The molecule has 1 aromatic carbocycles. The molecule has 0 saturated heterocycles. The Balaban J connectivity index is 2.28. The number of pyridine rings is 1. The minimum Gasteiger partial charge on any atom is -0.366 e. The third-order valence-electron chi connectivity index (χ3n) is 3.28. The van der Waals surface area contributed by atoms with E-state index in [2.05, 4.69) is 16.8 Å². The molecule has 2 aromatic rings. The van der Waals surface area contributed by atoms with Gasteiger partial charge in [0.15, 0.2) is 0 Å². The van der Waals surface area contributed by atoms with Gasteiger partial charge in [0.05, 0.1) is 12.2 Å². The fraction of sp³-hybridized carbons (Fsp3) is 0.312. The molecule has 20 heavy (non-hydrogen) atoms. The highest BCUT2D eigenvalue weighted by atomic mass is 35.5. The molecule has 0 spiro atoms. The van der Waals surface area contributed by atoms with Crippen LogP contribution >= 0.6 is 11.6 Å². The van der Waals surface area contributed by atoms with Gasteiger partial charge in [0, 0.05) is 29.5 Å². The topological polar surface area (TPSA) is 42.2 Å². The van der Waals surface area contributed by atoms with Gasteiger partial charge in [0.25, 0.3) is 0 Å². The van der Waals surface area contributed by atoms with Gasteiger partial charge >= 0.3 is 0 Å². The molecule has 0 bridgehead atoms. The molecule has 0 fully saturated rings. The number of halogens is 1. The number of benzene rings is 1. The van der Waals surface area contributed by atoms with Gasteiger partial charge in [0.2, 0.25) is 0 Å². The summed E-state index contributed by atoms with van der Waals surface area (Å²) in [5, 5.41) is 0.721. The number of hydrogen-bond acceptors (Lipinski definition) is 3. The van der Waals surface area contributed by atoms with Gasteiger partial charge in [-0.1, -0.05) is 17.7 Å². The van der Waals surface area contributed by atoms with Crippen molar-refractivity contribution in [2.24, 2.45) is 5.73 Å². The van der Waals surface area contributed by atoms with E-state index in [1.165, 1.54) is 0 Å². The average molecular weight is 290 g/mol. The molecule has 0 radical (unpaired) electrons. The van der Waals surface area contributed by atoms with Crippen molar-refractivity contribution in [3.05, 3.63) is 58.4 Å². The molecule has 0 aliphatic carbocycles. The summed E-state index contributed by atoms with van der Waals surface area (Å²) < 4.78 is 0. The Kier molecular flexibility index (Phi) is 4.99. The zero-order chi connectivity index (χ0) is 14.5. The maximum absolute atomic E-state index is 6.04. The van der Waals surface area contributed by atoms with Crippen molar-refractivity contribution < 1.29 is 0 Å². The van der Waals surface area contributed by atoms with Crippen LogP contribution in [0.4, 0.5) is 5.69 Å². The molecule has 0 atom stereocenters. The van der Waals surface area contributed by atoms with E-state index in [-0.39, 0.29) is 0 Å². The van der Waals surface area contributed by atoms with Crippen LogP contribution in [0.3, 0.4) is 0 Å². The monoisotopic (exact) mass is 289 g/mol. The van der Waals surface area contributed by atoms with Gasteiger partial charge in [-0.25, -0.2) is 0 Å². The fourth-order valence-corrected chi connectivity index (χ4v) is 2.47. The van der Waals surface area contributed by atoms with Crippen LogP contribution < -0.4 is 10.6 Å². The molecule has 1 aromatic heterocycles. The van der Waals surface area contributed by atoms with Gasteiger partial charge in [-0.2, -0.15) is 0 Å². The summed E-state index contributed by atoms with van der Waals surface area (Å²) in [4.78, 5) is 6.82. The van der Waals surface area contributed by atoms with Crippen LogP contribution in [0.15, 0.2) is 36.4 Å². The zero-order valence-electron chi connectivity index (χ0n) is 11.9. The van der Waals surface area contributed by atoms with Crippen LogP contribution in [-0.4, -0.2) is 11.5 Å². The van der Waals surface area contributed by atoms with Gasteiger partial charge in [0.1, 0.15) is 0 Å². The Morgan fingerprint density at radius 2 is 2.05 bits per heavy atom. The minimum absolute atomic E-state index is 0.480. The quantitative estimate of drug-likeness (QED) is 0.915. The van der Waals surface area contributed by atoms with E-state index >= 15 is 0 Å². The molecule has 0 amide bonds. The second-order valence-corrected chi connectivity index (χ2v) is 5.20. The van der Waals surface area contributed by atoms with Crippen LogP contribution in [0.2, 0.25) is 5.02 Å². The van der Waals surface area contributed by atoms with Crippen molar-refractivity contribution in [1.82, 2.24) is 4.98 Å². The normalized spacial score (nSPS) is 10.6. The number of aryl methyl sites for hydroxylation is 1. The first kappa shape index (κ1) is 14.8. The number of nitrogens with two attached hydrogens (primary N) is 1. The van der Waals surface area contributed by atoms with E-state index in [9.17, 15) is 0 Å². The van der Waals surface area contributed by atoms with Crippen molar-refractivity contribution in [2.75, 3.05) is 11.4 Å². The lowest BCUT2D eigenvalue weighted by molar-refractivity contribution is 0.798. The van der Waals surface area contributed by atoms with Crippen LogP contribution in [0, 0.1) is 6.92 Å². The summed E-state index contributed by atoms with van der Waals surface area (Å²) in [6, 6.07) is 12.0. The molecule has 2 rings (SSSR count). The number of nitrogens with zero attached hydrogens (tertiary/aromatic N) is 2. The predicted octanol–water partition coefficient (Wildman–Crippen LogP) is 3.53. The van der Waals surface area contributed by atoms with Gasteiger partial charge in [-0.3, -0.25) is 4.98 Å². The summed E-state index contributed by atoms with van der Waals surface area (Å²) in [5.41, 5.74) is 10.1. The van der Waals surface area contributed by atoms with Crippen LogP contribution in [-0.2, 0) is 13.1 Å². The maximum Gasteiger partial charge on any atom is 0.0602 e. The smallest absolute Gasteiger partial charge is 0.0602 e. The first-order valence-electron chi connectivity index (χ1n) is 6.80. The predicted molar refractivity (Wildman–Crippen MR) is 85.0 cm³/mol. The number of anilines is 1. The van der Waals surface area contributed by atoms with Crippen LogP contribution in [0.25, 0.3) is 0 Å². The lowest BCUT2D eigenvalue weighted by Crippen LogP contribution is -2.24. The van der Waals surface area contributed by atoms with Crippen molar-refractivity contribution in [3.63, 3.8) is 0 Å². The number of aromatic nitrogens is 1. The molecule has 106 valence electrons. The molecule has 3 nitrogen and oxygen atoms in total. The highest BCUT2D eigenvalue weighted by molar-refractivity contribution is 6.30. The van der Waals surface area contributed by atoms with Crippen molar-refractivity contribution >= 4 is 17.3 Å². The Hall–Kier alpha value is -1.58. The third kappa shape index (κ3) is 3.50. The molecule has 0 aliphatic heterocycles. The molecular weight excluding hydrogens is 270 g/mol. The van der Waals surface area contributed by atoms with E-state index in [0.29, 0.717) is 6.54 Å². The van der Waals surface area contributed by atoms with E-state index in [1.54, 1.807) is 0 Å². The second kappa shape index (κ2) is 6.73.